The van der Waals surface area contributed by atoms with Crippen LogP contribution in [0.4, 0.5) is 11.4 Å². The monoisotopic (exact) mass is 481 g/mol. The van der Waals surface area contributed by atoms with Gasteiger partial charge in [-0.15, -0.1) is 0 Å². The lowest BCUT2D eigenvalue weighted by atomic mass is 10.1. The van der Waals surface area contributed by atoms with E-state index in [4.69, 9.17) is 4.74 Å². The third-order valence-corrected chi connectivity index (χ3v) is 7.66. The molecule has 1 heterocycles. The maximum Gasteiger partial charge on any atom is 0.255 e. The van der Waals surface area contributed by atoms with Gasteiger partial charge in [0.15, 0.2) is 0 Å². The molecule has 0 aliphatic carbocycles. The Labute approximate surface area is 188 Å². The second kappa shape index (κ2) is 9.57. The molecule has 0 unspecified atom stereocenters. The van der Waals surface area contributed by atoms with E-state index in [1.807, 2.05) is 6.92 Å². The molecule has 1 aliphatic heterocycles. The predicted molar refractivity (Wildman–Crippen MR) is 123 cm³/mol. The number of rotatable bonds is 7. The Kier molecular flexibility index (Phi) is 7.23. The number of benzene rings is 2. The number of hydrogen-bond donors (Lipinski definition) is 2. The van der Waals surface area contributed by atoms with Gasteiger partial charge in [-0.1, -0.05) is 19.1 Å². The number of anilines is 2. The van der Waals surface area contributed by atoms with E-state index in [9.17, 15) is 21.6 Å². The number of morpholine rings is 1. The van der Waals surface area contributed by atoms with Gasteiger partial charge in [-0.05, 0) is 48.7 Å². The Bertz CT molecular complexity index is 1220. The zero-order valence-corrected chi connectivity index (χ0v) is 19.8. The lowest BCUT2D eigenvalue weighted by molar-refractivity contribution is 0.0730. The van der Waals surface area contributed by atoms with Gasteiger partial charge in [0.2, 0.25) is 20.0 Å². The van der Waals surface area contributed by atoms with Crippen LogP contribution >= 0.6 is 0 Å². The van der Waals surface area contributed by atoms with Gasteiger partial charge in [0, 0.05) is 24.3 Å². The second-order valence-electron chi connectivity index (χ2n) is 7.55. The average Bonchev–Trinajstić information content (AvgIpc) is 2.75. The van der Waals surface area contributed by atoms with Gasteiger partial charge in [-0.25, -0.2) is 16.8 Å². The Morgan fingerprint density at radius 1 is 1.06 bits per heavy atom. The Morgan fingerprint density at radius 2 is 1.75 bits per heavy atom. The molecule has 1 aliphatic rings. The van der Waals surface area contributed by atoms with E-state index in [1.54, 1.807) is 31.2 Å². The van der Waals surface area contributed by atoms with Crippen molar-refractivity contribution in [3.8, 4) is 0 Å². The fraction of sp³-hybridized carbons (Fsp3) is 0.381. The van der Waals surface area contributed by atoms with Gasteiger partial charge >= 0.3 is 0 Å². The summed E-state index contributed by atoms with van der Waals surface area (Å²) in [6.45, 7) is 4.79. The smallest absolute Gasteiger partial charge is 0.255 e. The maximum atomic E-state index is 13.2. The van der Waals surface area contributed by atoms with Crippen LogP contribution in [0.25, 0.3) is 0 Å². The molecule has 0 bridgehead atoms. The Balaban J connectivity index is 1.90. The first-order valence-electron chi connectivity index (χ1n) is 10.1. The fourth-order valence-electron chi connectivity index (χ4n) is 3.37. The highest BCUT2D eigenvalue weighted by molar-refractivity contribution is 7.92. The summed E-state index contributed by atoms with van der Waals surface area (Å²) < 4.78 is 58.5. The Morgan fingerprint density at radius 3 is 2.38 bits per heavy atom. The third kappa shape index (κ3) is 5.66. The van der Waals surface area contributed by atoms with Crippen molar-refractivity contribution in [2.75, 3.05) is 42.6 Å². The van der Waals surface area contributed by atoms with E-state index in [1.165, 1.54) is 16.4 Å². The Hall–Kier alpha value is -2.47. The number of hydrogen-bond acceptors (Lipinski definition) is 6. The maximum absolute atomic E-state index is 13.2. The van der Waals surface area contributed by atoms with Gasteiger partial charge in [0.25, 0.3) is 5.91 Å². The van der Waals surface area contributed by atoms with Crippen LogP contribution in [-0.2, 0) is 31.2 Å². The normalized spacial score (nSPS) is 15.3. The highest BCUT2D eigenvalue weighted by Crippen LogP contribution is 2.25. The van der Waals surface area contributed by atoms with E-state index in [0.29, 0.717) is 42.1 Å². The summed E-state index contributed by atoms with van der Waals surface area (Å²) in [6.07, 6.45) is 1.54. The number of aryl methyl sites for hydroxylation is 2. The average molecular weight is 482 g/mol. The van der Waals surface area contributed by atoms with Crippen molar-refractivity contribution in [1.82, 2.24) is 4.31 Å². The molecule has 11 heteroatoms. The third-order valence-electron chi connectivity index (χ3n) is 5.09. The molecule has 1 saturated heterocycles. The molecule has 174 valence electrons. The van der Waals surface area contributed by atoms with Gasteiger partial charge in [-0.2, -0.15) is 4.31 Å². The highest BCUT2D eigenvalue weighted by atomic mass is 32.2. The molecule has 32 heavy (non-hydrogen) atoms. The minimum atomic E-state index is -3.77. The van der Waals surface area contributed by atoms with Crippen molar-refractivity contribution in [1.29, 1.82) is 0 Å². The number of ether oxygens (including phenoxy) is 1. The first kappa shape index (κ1) is 24.2. The number of nitrogens with zero attached hydrogens (tertiary/aromatic N) is 1. The lowest BCUT2D eigenvalue weighted by Gasteiger charge is -2.27. The van der Waals surface area contributed by atoms with Crippen LogP contribution in [0.3, 0.4) is 0 Å². The molecule has 0 saturated carbocycles. The summed E-state index contributed by atoms with van der Waals surface area (Å²) in [6, 6.07) is 9.46. The van der Waals surface area contributed by atoms with Crippen LogP contribution in [-0.4, -0.2) is 59.6 Å². The molecule has 0 spiro atoms. The van der Waals surface area contributed by atoms with Crippen molar-refractivity contribution >= 4 is 37.3 Å². The van der Waals surface area contributed by atoms with E-state index in [-0.39, 0.29) is 23.5 Å². The molecular weight excluding hydrogens is 454 g/mol. The predicted octanol–water partition coefficient (Wildman–Crippen LogP) is 2.20. The number of amides is 1. The molecule has 2 aromatic carbocycles. The summed E-state index contributed by atoms with van der Waals surface area (Å²) in [7, 11) is -7.25. The van der Waals surface area contributed by atoms with Crippen molar-refractivity contribution in [3.63, 3.8) is 0 Å². The van der Waals surface area contributed by atoms with Crippen LogP contribution in [0.2, 0.25) is 0 Å². The molecule has 1 amide bonds. The topological polar surface area (TPSA) is 122 Å². The highest BCUT2D eigenvalue weighted by Gasteiger charge is 2.29. The SMILES string of the molecule is CCc1ccc(C(=O)Nc2ccc(C)c(NS(C)(=O)=O)c2)cc1S(=O)(=O)N1CCOCC1. The molecule has 2 aromatic rings. The molecule has 3 rings (SSSR count). The standard InChI is InChI=1S/C21H27N3O6S2/c1-4-16-6-7-17(13-20(16)32(28,29)24-9-11-30-12-10-24)21(25)22-18-8-5-15(2)19(14-18)23-31(3,26)27/h5-8,13-14,23H,4,9-12H2,1-3H3,(H,22,25). The van der Waals surface area contributed by atoms with Gasteiger partial charge in [0.05, 0.1) is 30.1 Å². The number of carbonyl (C=O) groups excluding carboxylic acids is 1. The molecule has 1 fully saturated rings. The number of nitrogens with one attached hydrogen (secondary N) is 2. The minimum Gasteiger partial charge on any atom is -0.379 e. The number of carbonyl (C=O) groups is 1. The molecule has 0 aromatic heterocycles. The van der Waals surface area contributed by atoms with Crippen molar-refractivity contribution < 1.29 is 26.4 Å². The first-order chi connectivity index (χ1) is 15.0. The van der Waals surface area contributed by atoms with E-state index in [0.717, 1.165) is 6.26 Å². The minimum absolute atomic E-state index is 0.109. The number of sulfonamides is 2. The van der Waals surface area contributed by atoms with Crippen LogP contribution < -0.4 is 10.0 Å². The quantitative estimate of drug-likeness (QED) is 0.625. The van der Waals surface area contributed by atoms with Crippen LogP contribution in [0.15, 0.2) is 41.3 Å². The van der Waals surface area contributed by atoms with Crippen LogP contribution in [0, 0.1) is 6.92 Å². The van der Waals surface area contributed by atoms with Gasteiger partial charge in [-0.3, -0.25) is 9.52 Å². The second-order valence-corrected chi connectivity index (χ2v) is 11.2. The summed E-state index contributed by atoms with van der Waals surface area (Å²) in [5.41, 5.74) is 2.24. The molecule has 9 nitrogen and oxygen atoms in total. The molecule has 0 radical (unpaired) electrons. The van der Waals surface area contributed by atoms with Gasteiger partial charge in [0.1, 0.15) is 0 Å². The molecule has 2 N–H and O–H groups in total. The molecular formula is C21H27N3O6S2. The van der Waals surface area contributed by atoms with E-state index in [2.05, 4.69) is 10.0 Å². The summed E-state index contributed by atoms with van der Waals surface area (Å²) in [4.78, 5) is 13.0. The zero-order chi connectivity index (χ0) is 23.5. The van der Waals surface area contributed by atoms with E-state index < -0.39 is 26.0 Å². The summed E-state index contributed by atoms with van der Waals surface area (Å²) >= 11 is 0. The van der Waals surface area contributed by atoms with Crippen molar-refractivity contribution in [2.24, 2.45) is 0 Å². The zero-order valence-electron chi connectivity index (χ0n) is 18.2. The largest absolute Gasteiger partial charge is 0.379 e. The molecule has 0 atom stereocenters. The van der Waals surface area contributed by atoms with E-state index >= 15 is 0 Å². The lowest BCUT2D eigenvalue weighted by Crippen LogP contribution is -2.41. The van der Waals surface area contributed by atoms with Crippen molar-refractivity contribution in [2.45, 2.75) is 25.2 Å². The fourth-order valence-corrected chi connectivity index (χ4v) is 5.71. The van der Waals surface area contributed by atoms with Crippen LogP contribution in [0.5, 0.6) is 0 Å². The van der Waals surface area contributed by atoms with Gasteiger partial charge < -0.3 is 10.1 Å². The van der Waals surface area contributed by atoms with Crippen molar-refractivity contribution in [3.05, 3.63) is 53.1 Å². The van der Waals surface area contributed by atoms with Crippen LogP contribution in [0.1, 0.15) is 28.4 Å². The first-order valence-corrected chi connectivity index (χ1v) is 13.4. The summed E-state index contributed by atoms with van der Waals surface area (Å²) in [5, 5.41) is 2.71. The summed E-state index contributed by atoms with van der Waals surface area (Å²) in [5.74, 6) is -0.500.